The van der Waals surface area contributed by atoms with E-state index in [1.54, 1.807) is 6.33 Å². The van der Waals surface area contributed by atoms with Crippen LogP contribution in [0.2, 0.25) is 0 Å². The van der Waals surface area contributed by atoms with Crippen molar-refractivity contribution in [3.05, 3.63) is 40.7 Å². The van der Waals surface area contributed by atoms with Gasteiger partial charge in [0.05, 0.1) is 10.7 Å². The van der Waals surface area contributed by atoms with Crippen LogP contribution in [0.5, 0.6) is 0 Å². The van der Waals surface area contributed by atoms with E-state index < -0.39 is 4.92 Å². The largest absolute Gasteiger partial charge is 0.325 e. The van der Waals surface area contributed by atoms with Gasteiger partial charge in [-0.25, -0.2) is 0 Å². The molecule has 0 aliphatic rings. The van der Waals surface area contributed by atoms with Crippen molar-refractivity contribution in [2.45, 2.75) is 37.9 Å². The van der Waals surface area contributed by atoms with Gasteiger partial charge in [0, 0.05) is 24.4 Å². The molecule has 0 saturated heterocycles. The highest BCUT2D eigenvalue weighted by Crippen LogP contribution is 2.18. The number of thioether (sulfide) groups is 1. The van der Waals surface area contributed by atoms with Crippen molar-refractivity contribution in [1.29, 1.82) is 0 Å². The Balaban J connectivity index is 1.83. The van der Waals surface area contributed by atoms with E-state index >= 15 is 0 Å². The Morgan fingerprint density at radius 3 is 2.75 bits per heavy atom. The third-order valence-electron chi connectivity index (χ3n) is 3.28. The first-order valence-electron chi connectivity index (χ1n) is 7.65. The minimum atomic E-state index is -0.479. The van der Waals surface area contributed by atoms with Crippen LogP contribution in [0.3, 0.4) is 0 Å². The molecule has 1 heterocycles. The predicted octanol–water partition coefficient (Wildman–Crippen LogP) is 3.11. The van der Waals surface area contributed by atoms with E-state index in [0.717, 1.165) is 25.8 Å². The highest BCUT2D eigenvalue weighted by molar-refractivity contribution is 7.99. The van der Waals surface area contributed by atoms with Gasteiger partial charge in [-0.05, 0) is 18.6 Å². The number of nitro benzene ring substituents is 1. The number of rotatable bonds is 9. The SMILES string of the molecule is CCCCCn1cnnc1SCC(=O)Nc1ccc([N+](=O)[O-])cc1. The maximum atomic E-state index is 12.0. The fraction of sp³-hybridized carbons (Fsp3) is 0.400. The number of amides is 1. The summed E-state index contributed by atoms with van der Waals surface area (Å²) in [6.07, 6.45) is 5.01. The first-order chi connectivity index (χ1) is 11.6. The van der Waals surface area contributed by atoms with Gasteiger partial charge in [0.25, 0.3) is 5.69 Å². The van der Waals surface area contributed by atoms with E-state index in [1.807, 2.05) is 4.57 Å². The summed E-state index contributed by atoms with van der Waals surface area (Å²) in [5.74, 6) is 0.000618. The minimum absolute atomic E-state index is 0.0115. The summed E-state index contributed by atoms with van der Waals surface area (Å²) in [6, 6.07) is 5.72. The first kappa shape index (κ1) is 17.9. The van der Waals surface area contributed by atoms with Gasteiger partial charge in [-0.2, -0.15) is 0 Å². The van der Waals surface area contributed by atoms with E-state index in [-0.39, 0.29) is 17.3 Å². The fourth-order valence-electron chi connectivity index (χ4n) is 2.04. The van der Waals surface area contributed by atoms with Gasteiger partial charge in [0.1, 0.15) is 6.33 Å². The number of aromatic nitrogens is 3. The Kier molecular flexibility index (Phi) is 6.74. The molecule has 0 saturated carbocycles. The van der Waals surface area contributed by atoms with E-state index in [2.05, 4.69) is 22.4 Å². The maximum Gasteiger partial charge on any atom is 0.269 e. The Bertz CT molecular complexity index is 687. The van der Waals surface area contributed by atoms with Gasteiger partial charge < -0.3 is 9.88 Å². The summed E-state index contributed by atoms with van der Waals surface area (Å²) in [7, 11) is 0. The number of hydrogen-bond acceptors (Lipinski definition) is 6. The average molecular weight is 349 g/mol. The molecular weight excluding hydrogens is 330 g/mol. The average Bonchev–Trinajstić information content (AvgIpc) is 3.01. The van der Waals surface area contributed by atoms with Crippen LogP contribution in [0, 0.1) is 10.1 Å². The number of anilines is 1. The van der Waals surface area contributed by atoms with Gasteiger partial charge >= 0.3 is 0 Å². The number of benzene rings is 1. The minimum Gasteiger partial charge on any atom is -0.325 e. The van der Waals surface area contributed by atoms with Gasteiger partial charge in [0.2, 0.25) is 5.91 Å². The van der Waals surface area contributed by atoms with Gasteiger partial charge in [-0.1, -0.05) is 31.5 Å². The number of non-ortho nitro benzene ring substituents is 1. The summed E-state index contributed by atoms with van der Waals surface area (Å²) in [6.45, 7) is 2.98. The number of hydrogen-bond donors (Lipinski definition) is 1. The van der Waals surface area contributed by atoms with Gasteiger partial charge in [0.15, 0.2) is 5.16 Å². The molecule has 9 heteroatoms. The van der Waals surface area contributed by atoms with Crippen molar-refractivity contribution in [2.75, 3.05) is 11.1 Å². The molecule has 24 heavy (non-hydrogen) atoms. The number of carbonyl (C=O) groups is 1. The maximum absolute atomic E-state index is 12.0. The van der Waals surface area contributed by atoms with Crippen molar-refractivity contribution < 1.29 is 9.72 Å². The quantitative estimate of drug-likeness (QED) is 0.323. The molecule has 2 rings (SSSR count). The van der Waals surface area contributed by atoms with Gasteiger partial charge in [-0.3, -0.25) is 14.9 Å². The zero-order valence-electron chi connectivity index (χ0n) is 13.3. The smallest absolute Gasteiger partial charge is 0.269 e. The molecule has 0 unspecified atom stereocenters. The lowest BCUT2D eigenvalue weighted by Crippen LogP contribution is -2.14. The molecule has 0 bridgehead atoms. The van der Waals surface area contributed by atoms with Crippen LogP contribution in [0.25, 0.3) is 0 Å². The number of aryl methyl sites for hydroxylation is 1. The second-order valence-electron chi connectivity index (χ2n) is 5.15. The molecule has 1 N–H and O–H groups in total. The second kappa shape index (κ2) is 9.02. The first-order valence-corrected chi connectivity index (χ1v) is 8.63. The Morgan fingerprint density at radius 2 is 2.08 bits per heavy atom. The Labute approximate surface area is 143 Å². The molecule has 0 spiro atoms. The van der Waals surface area contributed by atoms with Crippen LogP contribution in [0.15, 0.2) is 35.7 Å². The second-order valence-corrected chi connectivity index (χ2v) is 6.10. The summed E-state index contributed by atoms with van der Waals surface area (Å²) >= 11 is 1.32. The number of carbonyl (C=O) groups excluding carboxylic acids is 1. The van der Waals surface area contributed by atoms with Crippen LogP contribution in [-0.2, 0) is 11.3 Å². The molecule has 1 aromatic carbocycles. The third-order valence-corrected chi connectivity index (χ3v) is 4.26. The lowest BCUT2D eigenvalue weighted by molar-refractivity contribution is -0.384. The lowest BCUT2D eigenvalue weighted by Gasteiger charge is -2.06. The topological polar surface area (TPSA) is 103 Å². The lowest BCUT2D eigenvalue weighted by atomic mass is 10.2. The zero-order valence-corrected chi connectivity index (χ0v) is 14.2. The van der Waals surface area contributed by atoms with Crippen LogP contribution in [0.4, 0.5) is 11.4 Å². The van der Waals surface area contributed by atoms with Crippen molar-refractivity contribution >= 4 is 29.0 Å². The molecule has 8 nitrogen and oxygen atoms in total. The van der Waals surface area contributed by atoms with Crippen LogP contribution >= 0.6 is 11.8 Å². The predicted molar refractivity (Wildman–Crippen MR) is 92.0 cm³/mol. The molecule has 0 atom stereocenters. The van der Waals surface area contributed by atoms with E-state index in [1.165, 1.54) is 36.0 Å². The van der Waals surface area contributed by atoms with Gasteiger partial charge in [-0.15, -0.1) is 10.2 Å². The summed E-state index contributed by atoms with van der Waals surface area (Å²) in [4.78, 5) is 22.1. The van der Waals surface area contributed by atoms with Crippen molar-refractivity contribution in [2.24, 2.45) is 0 Å². The third kappa shape index (κ3) is 5.34. The number of nitrogens with one attached hydrogen (secondary N) is 1. The normalized spacial score (nSPS) is 10.5. The molecule has 1 aromatic heterocycles. The van der Waals surface area contributed by atoms with Crippen LogP contribution < -0.4 is 5.32 Å². The summed E-state index contributed by atoms with van der Waals surface area (Å²) < 4.78 is 1.94. The van der Waals surface area contributed by atoms with E-state index in [0.29, 0.717) is 10.8 Å². The van der Waals surface area contributed by atoms with E-state index in [4.69, 9.17) is 0 Å². The molecule has 0 aliphatic carbocycles. The monoisotopic (exact) mass is 349 g/mol. The van der Waals surface area contributed by atoms with Crippen LogP contribution in [0.1, 0.15) is 26.2 Å². The molecule has 128 valence electrons. The number of unbranched alkanes of at least 4 members (excludes halogenated alkanes) is 2. The van der Waals surface area contributed by atoms with Crippen molar-refractivity contribution in [3.63, 3.8) is 0 Å². The Hall–Kier alpha value is -2.42. The Morgan fingerprint density at radius 1 is 1.33 bits per heavy atom. The highest BCUT2D eigenvalue weighted by Gasteiger charge is 2.10. The standard InChI is InChI=1S/C15H19N5O3S/c1-2-3-4-9-19-11-16-18-15(19)24-10-14(21)17-12-5-7-13(8-6-12)20(22)23/h5-8,11H,2-4,9-10H2,1H3,(H,17,21). The fourth-order valence-corrected chi connectivity index (χ4v) is 2.78. The van der Waals surface area contributed by atoms with Crippen molar-refractivity contribution in [3.8, 4) is 0 Å². The molecule has 2 aromatic rings. The molecule has 0 aliphatic heterocycles. The molecular formula is C15H19N5O3S. The molecule has 1 amide bonds. The van der Waals surface area contributed by atoms with E-state index in [9.17, 15) is 14.9 Å². The van der Waals surface area contributed by atoms with Crippen LogP contribution in [-0.4, -0.2) is 31.3 Å². The zero-order chi connectivity index (χ0) is 17.4. The molecule has 0 radical (unpaired) electrons. The summed E-state index contributed by atoms with van der Waals surface area (Å²) in [5.41, 5.74) is 0.512. The highest BCUT2D eigenvalue weighted by atomic mass is 32.2. The number of nitro groups is 1. The summed E-state index contributed by atoms with van der Waals surface area (Å²) in [5, 5.41) is 21.9. The van der Waals surface area contributed by atoms with Crippen molar-refractivity contribution in [1.82, 2.24) is 14.8 Å². The number of nitrogens with zero attached hydrogens (tertiary/aromatic N) is 4. The molecule has 0 fully saturated rings.